The van der Waals surface area contributed by atoms with Gasteiger partial charge in [-0.15, -0.1) is 0 Å². The van der Waals surface area contributed by atoms with Crippen LogP contribution in [0, 0.1) is 5.82 Å². The molecule has 6 nitrogen and oxygen atoms in total. The molecule has 172 valence electrons. The summed E-state index contributed by atoms with van der Waals surface area (Å²) in [6, 6.07) is 13.7. The van der Waals surface area contributed by atoms with Crippen LogP contribution in [0.5, 0.6) is 0 Å². The maximum absolute atomic E-state index is 14.5. The SMILES string of the molecule is C[C@@]1(C(=O)NC2CCCCC2)Cn2c(ccc2-c2ccco2)C(=O)N1Cc1ccccc1F. The van der Waals surface area contributed by atoms with Gasteiger partial charge in [0, 0.05) is 11.6 Å². The highest BCUT2D eigenvalue weighted by molar-refractivity contribution is 6.00. The molecule has 2 aromatic heterocycles. The first kappa shape index (κ1) is 21.5. The molecule has 0 bridgehead atoms. The number of halogens is 1. The number of carbonyl (C=O) groups is 2. The molecule has 2 aliphatic rings. The molecule has 1 aliphatic carbocycles. The average Bonchev–Trinajstić information content (AvgIpc) is 3.48. The van der Waals surface area contributed by atoms with Crippen LogP contribution < -0.4 is 5.32 Å². The summed E-state index contributed by atoms with van der Waals surface area (Å²) in [5.74, 6) is -0.267. The minimum absolute atomic E-state index is 0.0152. The summed E-state index contributed by atoms with van der Waals surface area (Å²) in [6.45, 7) is 2.05. The second-order valence-corrected chi connectivity index (χ2v) is 9.23. The van der Waals surface area contributed by atoms with Crippen molar-refractivity contribution in [3.05, 3.63) is 71.9 Å². The quantitative estimate of drug-likeness (QED) is 0.611. The molecule has 1 fully saturated rings. The van der Waals surface area contributed by atoms with Crippen LogP contribution in [-0.2, 0) is 17.9 Å². The van der Waals surface area contributed by atoms with Crippen LogP contribution in [0.2, 0.25) is 0 Å². The van der Waals surface area contributed by atoms with Crippen LogP contribution >= 0.6 is 0 Å². The number of hydrogen-bond donors (Lipinski definition) is 1. The molecule has 0 spiro atoms. The molecule has 0 radical (unpaired) electrons. The van der Waals surface area contributed by atoms with Crippen LogP contribution in [-0.4, -0.2) is 32.9 Å². The van der Waals surface area contributed by atoms with Gasteiger partial charge in [0.2, 0.25) is 5.91 Å². The Morgan fingerprint density at radius 1 is 1.09 bits per heavy atom. The number of rotatable bonds is 5. The largest absolute Gasteiger partial charge is 0.463 e. The lowest BCUT2D eigenvalue weighted by Gasteiger charge is -2.45. The van der Waals surface area contributed by atoms with Crippen LogP contribution in [0.3, 0.4) is 0 Å². The third kappa shape index (κ3) is 3.86. The molecule has 5 rings (SSSR count). The van der Waals surface area contributed by atoms with Crippen LogP contribution in [0.15, 0.2) is 59.2 Å². The van der Waals surface area contributed by atoms with E-state index >= 15 is 0 Å². The van der Waals surface area contributed by atoms with E-state index < -0.39 is 11.4 Å². The Bertz CT molecular complexity index is 1160. The molecule has 3 heterocycles. The monoisotopic (exact) mass is 449 g/mol. The summed E-state index contributed by atoms with van der Waals surface area (Å²) in [4.78, 5) is 28.9. The summed E-state index contributed by atoms with van der Waals surface area (Å²) in [5.41, 5.74) is 0.393. The number of benzene rings is 1. The molecular weight excluding hydrogens is 421 g/mol. The zero-order valence-electron chi connectivity index (χ0n) is 18.7. The summed E-state index contributed by atoms with van der Waals surface area (Å²) in [7, 11) is 0. The van der Waals surface area contributed by atoms with E-state index in [1.54, 1.807) is 43.5 Å². The van der Waals surface area contributed by atoms with Crippen molar-refractivity contribution in [2.24, 2.45) is 0 Å². The Labute approximate surface area is 192 Å². The zero-order chi connectivity index (χ0) is 23.0. The molecule has 1 saturated carbocycles. The van der Waals surface area contributed by atoms with Crippen molar-refractivity contribution < 1.29 is 18.4 Å². The first-order valence-electron chi connectivity index (χ1n) is 11.6. The minimum atomic E-state index is -1.19. The molecule has 7 heteroatoms. The Balaban J connectivity index is 1.54. The van der Waals surface area contributed by atoms with Crippen molar-refractivity contribution >= 4 is 11.8 Å². The van der Waals surface area contributed by atoms with E-state index in [1.807, 2.05) is 16.7 Å². The zero-order valence-corrected chi connectivity index (χ0v) is 18.7. The third-order valence-corrected chi connectivity index (χ3v) is 7.00. The van der Waals surface area contributed by atoms with Gasteiger partial charge >= 0.3 is 0 Å². The first-order valence-corrected chi connectivity index (χ1v) is 11.6. The maximum atomic E-state index is 14.5. The standard InChI is InChI=1S/C26H28FN3O3/c1-26(25(32)28-19-9-3-2-4-10-19)17-29-21(23-12-7-15-33-23)13-14-22(29)24(31)30(26)16-18-8-5-6-11-20(18)27/h5-8,11-15,19H,2-4,9-10,16-17H2,1H3,(H,28,32)/t26-/m0/s1. The van der Waals surface area contributed by atoms with Crippen molar-refractivity contribution in [1.82, 2.24) is 14.8 Å². The van der Waals surface area contributed by atoms with Gasteiger partial charge in [0.05, 0.1) is 25.0 Å². The van der Waals surface area contributed by atoms with E-state index in [-0.39, 0.29) is 30.9 Å². The van der Waals surface area contributed by atoms with Crippen molar-refractivity contribution in [2.75, 3.05) is 0 Å². The van der Waals surface area contributed by atoms with E-state index in [0.717, 1.165) is 31.4 Å². The molecule has 0 saturated heterocycles. The second-order valence-electron chi connectivity index (χ2n) is 9.23. The van der Waals surface area contributed by atoms with Gasteiger partial charge < -0.3 is 19.2 Å². The van der Waals surface area contributed by atoms with Gasteiger partial charge in [-0.2, -0.15) is 0 Å². The number of carbonyl (C=O) groups excluding carboxylic acids is 2. The van der Waals surface area contributed by atoms with Gasteiger partial charge in [0.1, 0.15) is 22.8 Å². The summed E-state index contributed by atoms with van der Waals surface area (Å²) in [5, 5.41) is 3.19. The number of nitrogens with zero attached hydrogens (tertiary/aromatic N) is 2. The molecule has 1 N–H and O–H groups in total. The topological polar surface area (TPSA) is 67.5 Å². The Hall–Kier alpha value is -3.35. The van der Waals surface area contributed by atoms with E-state index in [2.05, 4.69) is 5.32 Å². The van der Waals surface area contributed by atoms with E-state index in [1.165, 1.54) is 17.4 Å². The average molecular weight is 450 g/mol. The molecule has 1 aromatic carbocycles. The molecule has 1 aliphatic heterocycles. The smallest absolute Gasteiger partial charge is 0.271 e. The van der Waals surface area contributed by atoms with Gasteiger partial charge in [0.15, 0.2) is 0 Å². The fourth-order valence-electron chi connectivity index (χ4n) is 5.05. The highest BCUT2D eigenvalue weighted by Gasteiger charge is 2.48. The molecule has 1 atom stereocenters. The summed E-state index contributed by atoms with van der Waals surface area (Å²) >= 11 is 0. The second kappa shape index (κ2) is 8.54. The van der Waals surface area contributed by atoms with Gasteiger partial charge in [-0.1, -0.05) is 37.5 Å². The predicted octanol–water partition coefficient (Wildman–Crippen LogP) is 4.75. The van der Waals surface area contributed by atoms with Gasteiger partial charge in [-0.25, -0.2) is 4.39 Å². The highest BCUT2D eigenvalue weighted by Crippen LogP contribution is 2.35. The number of hydrogen-bond acceptors (Lipinski definition) is 3. The van der Waals surface area contributed by atoms with Crippen LogP contribution in [0.1, 0.15) is 55.1 Å². The fourth-order valence-corrected chi connectivity index (χ4v) is 5.05. The number of furan rings is 1. The van der Waals surface area contributed by atoms with Gasteiger partial charge in [-0.3, -0.25) is 9.59 Å². The lowest BCUT2D eigenvalue weighted by atomic mass is 9.91. The molecule has 3 aromatic rings. The summed E-state index contributed by atoms with van der Waals surface area (Å²) < 4.78 is 21.9. The molecule has 0 unspecified atom stereocenters. The maximum Gasteiger partial charge on any atom is 0.271 e. The number of nitrogens with one attached hydrogen (secondary N) is 1. The number of fused-ring (bicyclic) bond motifs is 1. The molecule has 2 amide bonds. The van der Waals surface area contributed by atoms with E-state index in [4.69, 9.17) is 4.42 Å². The molecule has 33 heavy (non-hydrogen) atoms. The lowest BCUT2D eigenvalue weighted by molar-refractivity contribution is -0.134. The minimum Gasteiger partial charge on any atom is -0.463 e. The fraction of sp³-hybridized carbons (Fsp3) is 0.385. The van der Waals surface area contributed by atoms with Crippen molar-refractivity contribution in [3.63, 3.8) is 0 Å². The van der Waals surface area contributed by atoms with Crippen LogP contribution in [0.25, 0.3) is 11.5 Å². The first-order chi connectivity index (χ1) is 16.0. The van der Waals surface area contributed by atoms with Crippen molar-refractivity contribution in [1.29, 1.82) is 0 Å². The van der Waals surface area contributed by atoms with Gasteiger partial charge in [0.25, 0.3) is 5.91 Å². The Morgan fingerprint density at radius 3 is 2.58 bits per heavy atom. The van der Waals surface area contributed by atoms with E-state index in [9.17, 15) is 14.0 Å². The predicted molar refractivity (Wildman–Crippen MR) is 122 cm³/mol. The number of aromatic nitrogens is 1. The summed E-state index contributed by atoms with van der Waals surface area (Å²) in [6.07, 6.45) is 6.82. The normalized spacial score (nSPS) is 21.2. The number of amides is 2. The van der Waals surface area contributed by atoms with Gasteiger partial charge in [-0.05, 0) is 50.1 Å². The van der Waals surface area contributed by atoms with E-state index in [0.29, 0.717) is 17.0 Å². The third-order valence-electron chi connectivity index (χ3n) is 7.00. The lowest BCUT2D eigenvalue weighted by Crippen LogP contribution is -2.64. The van der Waals surface area contributed by atoms with Crippen LogP contribution in [0.4, 0.5) is 4.39 Å². The molecular formula is C26H28FN3O3. The van der Waals surface area contributed by atoms with Crippen molar-refractivity contribution in [2.45, 2.75) is 63.7 Å². The van der Waals surface area contributed by atoms with Crippen molar-refractivity contribution in [3.8, 4) is 11.5 Å². The Morgan fingerprint density at radius 2 is 1.85 bits per heavy atom. The Kier molecular flexibility index (Phi) is 5.56. The highest BCUT2D eigenvalue weighted by atomic mass is 19.1.